The molecule has 1 heterocycles. The topological polar surface area (TPSA) is 58.4 Å². The summed E-state index contributed by atoms with van der Waals surface area (Å²) < 4.78 is 0. The first kappa shape index (κ1) is 19.2. The van der Waals surface area contributed by atoms with Crippen LogP contribution < -0.4 is 11.1 Å². The first-order chi connectivity index (χ1) is 11.0. The average Bonchev–Trinajstić information content (AvgIpc) is 3.34. The Labute approximate surface area is 151 Å². The normalized spacial score (nSPS) is 24.7. The molecule has 3 N–H and O–H groups in total. The molecule has 5 heteroatoms. The summed E-state index contributed by atoms with van der Waals surface area (Å²) in [7, 11) is 0. The van der Waals surface area contributed by atoms with E-state index in [1.165, 1.54) is 18.4 Å². The summed E-state index contributed by atoms with van der Waals surface area (Å²) in [5, 5.41) is 3.27. The summed E-state index contributed by atoms with van der Waals surface area (Å²) in [6.07, 6.45) is 3.39. The number of likely N-dealkylation sites (tertiary alicyclic amines) is 1. The number of nitrogens with one attached hydrogen (secondary N) is 1. The van der Waals surface area contributed by atoms with Crippen molar-refractivity contribution in [3.8, 4) is 0 Å². The van der Waals surface area contributed by atoms with Crippen molar-refractivity contribution < 1.29 is 4.79 Å². The number of carbonyl (C=O) groups excluding carboxylic acids is 1. The van der Waals surface area contributed by atoms with Gasteiger partial charge in [0, 0.05) is 19.1 Å². The molecule has 2 unspecified atom stereocenters. The van der Waals surface area contributed by atoms with Gasteiger partial charge in [-0.05, 0) is 36.2 Å². The fourth-order valence-electron chi connectivity index (χ4n) is 3.61. The molecule has 2 fully saturated rings. The third-order valence-electron chi connectivity index (χ3n) is 5.33. The van der Waals surface area contributed by atoms with Crippen molar-refractivity contribution in [2.45, 2.75) is 45.2 Å². The van der Waals surface area contributed by atoms with Crippen LogP contribution >= 0.6 is 12.4 Å². The number of nitrogens with two attached hydrogens (primary N) is 1. The van der Waals surface area contributed by atoms with Crippen LogP contribution in [-0.2, 0) is 4.79 Å². The predicted molar refractivity (Wildman–Crippen MR) is 100 cm³/mol. The molecule has 2 atom stereocenters. The Morgan fingerprint density at radius 3 is 2.54 bits per heavy atom. The maximum Gasteiger partial charge on any atom is 0.234 e. The van der Waals surface area contributed by atoms with Gasteiger partial charge in [0.1, 0.15) is 0 Å². The van der Waals surface area contributed by atoms with Crippen molar-refractivity contribution in [3.05, 3.63) is 35.9 Å². The highest BCUT2D eigenvalue weighted by atomic mass is 35.5. The van der Waals surface area contributed by atoms with Gasteiger partial charge in [-0.3, -0.25) is 9.69 Å². The molecule has 1 amide bonds. The van der Waals surface area contributed by atoms with Crippen molar-refractivity contribution in [1.82, 2.24) is 10.2 Å². The largest absolute Gasteiger partial charge is 0.348 e. The van der Waals surface area contributed by atoms with E-state index in [0.29, 0.717) is 12.5 Å². The molecule has 3 rings (SSSR count). The third-order valence-corrected chi connectivity index (χ3v) is 5.33. The van der Waals surface area contributed by atoms with Crippen LogP contribution in [0.2, 0.25) is 0 Å². The molecule has 2 aliphatic rings. The lowest BCUT2D eigenvalue weighted by atomic mass is 9.80. The molecule has 0 bridgehead atoms. The number of carbonyl (C=O) groups is 1. The number of halogens is 1. The minimum Gasteiger partial charge on any atom is -0.348 e. The van der Waals surface area contributed by atoms with E-state index in [1.807, 2.05) is 18.2 Å². The van der Waals surface area contributed by atoms with Gasteiger partial charge >= 0.3 is 0 Å². The Morgan fingerprint density at radius 2 is 1.96 bits per heavy atom. The molecule has 24 heavy (non-hydrogen) atoms. The van der Waals surface area contributed by atoms with Crippen molar-refractivity contribution in [2.75, 3.05) is 19.6 Å². The number of nitrogens with zero attached hydrogens (tertiary/aromatic N) is 1. The molecule has 0 aromatic heterocycles. The first-order valence-corrected chi connectivity index (χ1v) is 8.78. The number of hydrogen-bond donors (Lipinski definition) is 2. The fraction of sp³-hybridized carbons (Fsp3) is 0.632. The van der Waals surface area contributed by atoms with Gasteiger partial charge < -0.3 is 11.1 Å². The number of hydrogen-bond acceptors (Lipinski definition) is 3. The molecule has 1 saturated carbocycles. The highest BCUT2D eigenvalue weighted by molar-refractivity contribution is 5.85. The second-order valence-electron chi connectivity index (χ2n) is 7.89. The Bertz CT molecular complexity index is 545. The summed E-state index contributed by atoms with van der Waals surface area (Å²) in [4.78, 5) is 14.8. The van der Waals surface area contributed by atoms with E-state index in [2.05, 4.69) is 36.2 Å². The van der Waals surface area contributed by atoms with Gasteiger partial charge in [-0.25, -0.2) is 0 Å². The fourth-order valence-corrected chi connectivity index (χ4v) is 3.61. The predicted octanol–water partition coefficient (Wildman–Crippen LogP) is 2.73. The van der Waals surface area contributed by atoms with Crippen molar-refractivity contribution in [3.63, 3.8) is 0 Å². The zero-order chi connectivity index (χ0) is 16.4. The quantitative estimate of drug-likeness (QED) is 0.857. The first-order valence-electron chi connectivity index (χ1n) is 8.78. The van der Waals surface area contributed by atoms with Crippen molar-refractivity contribution >= 4 is 18.3 Å². The number of benzene rings is 1. The number of amides is 1. The maximum absolute atomic E-state index is 12.5. The Hall–Kier alpha value is -1.10. The highest BCUT2D eigenvalue weighted by Crippen LogP contribution is 2.40. The van der Waals surface area contributed by atoms with Crippen LogP contribution in [-0.4, -0.2) is 36.5 Å². The summed E-state index contributed by atoms with van der Waals surface area (Å²) in [6.45, 7) is 6.67. The van der Waals surface area contributed by atoms with Crippen LogP contribution in [0.1, 0.15) is 44.7 Å². The molecule has 4 nitrogen and oxygen atoms in total. The molecule has 0 spiro atoms. The second kappa shape index (κ2) is 7.85. The van der Waals surface area contributed by atoms with Crippen molar-refractivity contribution in [2.24, 2.45) is 17.1 Å². The Kier molecular flexibility index (Phi) is 6.29. The zero-order valence-electron chi connectivity index (χ0n) is 14.7. The van der Waals surface area contributed by atoms with Gasteiger partial charge in [-0.15, -0.1) is 12.4 Å². The minimum absolute atomic E-state index is 0. The van der Waals surface area contributed by atoms with E-state index in [0.717, 1.165) is 19.5 Å². The zero-order valence-corrected chi connectivity index (χ0v) is 15.5. The van der Waals surface area contributed by atoms with Gasteiger partial charge in [0.05, 0.1) is 12.6 Å². The monoisotopic (exact) mass is 351 g/mol. The van der Waals surface area contributed by atoms with Crippen LogP contribution in [0.3, 0.4) is 0 Å². The van der Waals surface area contributed by atoms with E-state index < -0.39 is 0 Å². The molecule has 1 aromatic carbocycles. The van der Waals surface area contributed by atoms with E-state index in [4.69, 9.17) is 5.73 Å². The summed E-state index contributed by atoms with van der Waals surface area (Å²) in [5.41, 5.74) is 7.49. The summed E-state index contributed by atoms with van der Waals surface area (Å²) in [6, 6.07) is 10.7. The third kappa shape index (κ3) is 4.71. The molecule has 134 valence electrons. The smallest absolute Gasteiger partial charge is 0.234 e. The minimum atomic E-state index is 0. The summed E-state index contributed by atoms with van der Waals surface area (Å²) in [5.74, 6) is 0.740. The molecule has 1 saturated heterocycles. The van der Waals surface area contributed by atoms with Gasteiger partial charge in [0.2, 0.25) is 5.91 Å². The standard InChI is InChI=1S/C19H29N3O.ClH/c1-19(2)13-22(11-10-16(19)20)12-17(23)21-18(15-8-9-15)14-6-4-3-5-7-14;/h3-7,15-16,18H,8-13,20H2,1-2H3,(H,21,23);1H. The molecular formula is C19H30ClN3O. The van der Waals surface area contributed by atoms with E-state index in [-0.39, 0.29) is 35.8 Å². The van der Waals surface area contributed by atoms with E-state index in [1.54, 1.807) is 0 Å². The molecule has 1 aliphatic heterocycles. The van der Waals surface area contributed by atoms with Crippen LogP contribution in [0, 0.1) is 11.3 Å². The SMILES string of the molecule is CC1(C)CN(CC(=O)NC(c2ccccc2)C2CC2)CCC1N.Cl. The van der Waals surface area contributed by atoms with Crippen molar-refractivity contribution in [1.29, 1.82) is 0 Å². The van der Waals surface area contributed by atoms with Crippen LogP contribution in [0.4, 0.5) is 0 Å². The van der Waals surface area contributed by atoms with Gasteiger partial charge in [0.25, 0.3) is 0 Å². The van der Waals surface area contributed by atoms with Gasteiger partial charge in [-0.2, -0.15) is 0 Å². The molecule has 0 radical (unpaired) electrons. The lowest BCUT2D eigenvalue weighted by molar-refractivity contribution is -0.124. The molecule has 1 aliphatic carbocycles. The summed E-state index contributed by atoms with van der Waals surface area (Å²) >= 11 is 0. The Morgan fingerprint density at radius 1 is 1.29 bits per heavy atom. The Balaban J connectivity index is 0.00000208. The number of piperidine rings is 1. The molecule has 1 aromatic rings. The average molecular weight is 352 g/mol. The highest BCUT2D eigenvalue weighted by Gasteiger charge is 2.36. The van der Waals surface area contributed by atoms with Crippen LogP contribution in [0.25, 0.3) is 0 Å². The molecular weight excluding hydrogens is 322 g/mol. The van der Waals surface area contributed by atoms with Gasteiger partial charge in [-0.1, -0.05) is 44.2 Å². The number of rotatable bonds is 5. The van der Waals surface area contributed by atoms with Crippen LogP contribution in [0.5, 0.6) is 0 Å². The lowest BCUT2D eigenvalue weighted by Gasteiger charge is -2.42. The van der Waals surface area contributed by atoms with Gasteiger partial charge in [0.15, 0.2) is 0 Å². The van der Waals surface area contributed by atoms with Crippen LogP contribution in [0.15, 0.2) is 30.3 Å². The van der Waals surface area contributed by atoms with E-state index >= 15 is 0 Å². The second-order valence-corrected chi connectivity index (χ2v) is 7.89. The van der Waals surface area contributed by atoms with E-state index in [9.17, 15) is 4.79 Å². The lowest BCUT2D eigenvalue weighted by Crippen LogP contribution is -2.54. The maximum atomic E-state index is 12.5.